The highest BCUT2D eigenvalue weighted by molar-refractivity contribution is 5.77. The van der Waals surface area contributed by atoms with Crippen LogP contribution in [0.1, 0.15) is 32.1 Å². The molecule has 2 fully saturated rings. The number of rotatable bonds is 1. The number of carbonyl (C=O) groups is 1. The first-order valence-electron chi connectivity index (χ1n) is 4.57. The summed E-state index contributed by atoms with van der Waals surface area (Å²) in [5.41, 5.74) is -1.39. The van der Waals surface area contributed by atoms with E-state index in [1.807, 2.05) is 0 Å². The molecule has 2 rings (SSSR count). The second kappa shape index (κ2) is 2.46. The molecule has 12 heavy (non-hydrogen) atoms. The standard InChI is InChI=1S/C9H14O3/c10-8(11)9(12)4-6-2-1-3-7(6)5-9/h6-7,12H,1-5H2,(H,10,11)/t6-,7+,9?. The molecule has 3 atom stereocenters. The molecule has 0 spiro atoms. The van der Waals surface area contributed by atoms with Crippen LogP contribution in [-0.4, -0.2) is 21.8 Å². The van der Waals surface area contributed by atoms with Crippen molar-refractivity contribution in [2.75, 3.05) is 0 Å². The monoisotopic (exact) mass is 170 g/mol. The Morgan fingerprint density at radius 3 is 2.17 bits per heavy atom. The van der Waals surface area contributed by atoms with Crippen molar-refractivity contribution in [3.05, 3.63) is 0 Å². The summed E-state index contributed by atoms with van der Waals surface area (Å²) in [4.78, 5) is 10.7. The second-order valence-corrected chi connectivity index (χ2v) is 4.20. The minimum atomic E-state index is -1.39. The lowest BCUT2D eigenvalue weighted by Gasteiger charge is -2.17. The number of hydrogen-bond donors (Lipinski definition) is 2. The van der Waals surface area contributed by atoms with Crippen LogP contribution >= 0.6 is 0 Å². The van der Waals surface area contributed by atoms with E-state index in [2.05, 4.69) is 0 Å². The zero-order valence-electron chi connectivity index (χ0n) is 6.99. The molecule has 2 N–H and O–H groups in total. The molecule has 2 saturated carbocycles. The maximum Gasteiger partial charge on any atom is 0.335 e. The van der Waals surface area contributed by atoms with Gasteiger partial charge in [0, 0.05) is 0 Å². The van der Waals surface area contributed by atoms with Gasteiger partial charge >= 0.3 is 5.97 Å². The zero-order chi connectivity index (χ0) is 8.77. The number of fused-ring (bicyclic) bond motifs is 1. The van der Waals surface area contributed by atoms with E-state index in [1.165, 1.54) is 6.42 Å². The van der Waals surface area contributed by atoms with Crippen molar-refractivity contribution in [3.8, 4) is 0 Å². The summed E-state index contributed by atoms with van der Waals surface area (Å²) in [7, 11) is 0. The highest BCUT2D eigenvalue weighted by atomic mass is 16.4. The van der Waals surface area contributed by atoms with Gasteiger partial charge in [-0.2, -0.15) is 0 Å². The molecule has 3 nitrogen and oxygen atoms in total. The summed E-state index contributed by atoms with van der Waals surface area (Å²) in [6, 6.07) is 0. The molecule has 0 heterocycles. The molecule has 3 heteroatoms. The Bertz CT molecular complexity index is 200. The zero-order valence-corrected chi connectivity index (χ0v) is 6.99. The Morgan fingerprint density at radius 1 is 1.25 bits per heavy atom. The van der Waals surface area contributed by atoms with Crippen LogP contribution < -0.4 is 0 Å². The van der Waals surface area contributed by atoms with Crippen molar-refractivity contribution < 1.29 is 15.0 Å². The van der Waals surface area contributed by atoms with Crippen LogP contribution in [0, 0.1) is 11.8 Å². The Morgan fingerprint density at radius 2 is 1.75 bits per heavy atom. The second-order valence-electron chi connectivity index (χ2n) is 4.20. The van der Waals surface area contributed by atoms with Crippen molar-refractivity contribution in [2.45, 2.75) is 37.7 Å². The van der Waals surface area contributed by atoms with Crippen molar-refractivity contribution >= 4 is 5.97 Å². The highest BCUT2D eigenvalue weighted by Gasteiger charge is 2.50. The number of carboxylic acids is 1. The quantitative estimate of drug-likeness (QED) is 0.617. The normalized spacial score (nSPS) is 46.1. The first kappa shape index (κ1) is 8.05. The molecule has 1 unspecified atom stereocenters. The summed E-state index contributed by atoms with van der Waals surface area (Å²) in [5.74, 6) is -0.0749. The molecule has 2 aliphatic carbocycles. The lowest BCUT2D eigenvalue weighted by molar-refractivity contribution is -0.158. The van der Waals surface area contributed by atoms with E-state index in [0.717, 1.165) is 12.8 Å². The van der Waals surface area contributed by atoms with Crippen LogP contribution in [0.2, 0.25) is 0 Å². The highest BCUT2D eigenvalue weighted by Crippen LogP contribution is 2.48. The van der Waals surface area contributed by atoms with Crippen LogP contribution in [0.25, 0.3) is 0 Å². The third kappa shape index (κ3) is 1.04. The van der Waals surface area contributed by atoms with Gasteiger partial charge < -0.3 is 10.2 Å². The van der Waals surface area contributed by atoms with Crippen LogP contribution in [-0.2, 0) is 4.79 Å². The van der Waals surface area contributed by atoms with Crippen LogP contribution in [0.15, 0.2) is 0 Å². The number of hydrogen-bond acceptors (Lipinski definition) is 2. The third-order valence-corrected chi connectivity index (χ3v) is 3.41. The van der Waals surface area contributed by atoms with Gasteiger partial charge in [-0.15, -0.1) is 0 Å². The van der Waals surface area contributed by atoms with Gasteiger partial charge in [-0.05, 0) is 24.7 Å². The van der Waals surface area contributed by atoms with E-state index in [1.54, 1.807) is 0 Å². The molecule has 0 aromatic carbocycles. The fourth-order valence-electron chi connectivity index (χ4n) is 2.78. The molecule has 0 amide bonds. The average molecular weight is 170 g/mol. The van der Waals surface area contributed by atoms with E-state index in [4.69, 9.17) is 5.11 Å². The third-order valence-electron chi connectivity index (χ3n) is 3.41. The van der Waals surface area contributed by atoms with Gasteiger partial charge in [0.05, 0.1) is 0 Å². The molecule has 0 aromatic rings. The SMILES string of the molecule is O=C(O)C1(O)C[C@H]2CCC[C@H]2C1. The molecule has 2 aliphatic rings. The maximum atomic E-state index is 10.7. The van der Waals surface area contributed by atoms with E-state index in [-0.39, 0.29) is 0 Å². The Balaban J connectivity index is 2.11. The summed E-state index contributed by atoms with van der Waals surface area (Å²) in [6.07, 6.45) is 4.39. The van der Waals surface area contributed by atoms with Gasteiger partial charge in [0.1, 0.15) is 0 Å². The molecule has 0 aliphatic heterocycles. The van der Waals surface area contributed by atoms with Crippen molar-refractivity contribution in [1.29, 1.82) is 0 Å². The largest absolute Gasteiger partial charge is 0.479 e. The Kier molecular flexibility index (Phi) is 1.65. The topological polar surface area (TPSA) is 57.5 Å². The fraction of sp³-hybridized carbons (Fsp3) is 0.889. The predicted molar refractivity (Wildman–Crippen MR) is 42.7 cm³/mol. The van der Waals surface area contributed by atoms with Gasteiger partial charge in [0.15, 0.2) is 5.60 Å². The molecule has 0 radical (unpaired) electrons. The van der Waals surface area contributed by atoms with Crippen molar-refractivity contribution in [1.82, 2.24) is 0 Å². The van der Waals surface area contributed by atoms with E-state index in [0.29, 0.717) is 24.7 Å². The molecule has 0 aromatic heterocycles. The number of carboxylic acid groups (broad SMARTS) is 1. The molecular weight excluding hydrogens is 156 g/mol. The smallest absolute Gasteiger partial charge is 0.335 e. The van der Waals surface area contributed by atoms with Crippen molar-refractivity contribution in [3.63, 3.8) is 0 Å². The first-order chi connectivity index (χ1) is 5.62. The summed E-state index contributed by atoms with van der Waals surface area (Å²) in [6.45, 7) is 0. The Hall–Kier alpha value is -0.570. The molecular formula is C9H14O3. The van der Waals surface area contributed by atoms with Crippen LogP contribution in [0.4, 0.5) is 0 Å². The minimum absolute atomic E-state index is 0.478. The summed E-state index contributed by atoms with van der Waals surface area (Å²) in [5, 5.41) is 18.5. The van der Waals surface area contributed by atoms with E-state index in [9.17, 15) is 9.90 Å². The van der Waals surface area contributed by atoms with E-state index < -0.39 is 11.6 Å². The first-order valence-corrected chi connectivity index (χ1v) is 4.57. The van der Waals surface area contributed by atoms with Gasteiger partial charge in [0.2, 0.25) is 0 Å². The van der Waals surface area contributed by atoms with Crippen molar-refractivity contribution in [2.24, 2.45) is 11.8 Å². The van der Waals surface area contributed by atoms with Gasteiger partial charge in [0.25, 0.3) is 0 Å². The van der Waals surface area contributed by atoms with E-state index >= 15 is 0 Å². The average Bonchev–Trinajstić information content (AvgIpc) is 2.44. The predicted octanol–water partition coefficient (Wildman–Crippen LogP) is 1.01. The van der Waals surface area contributed by atoms with Gasteiger partial charge in [-0.25, -0.2) is 4.79 Å². The molecule has 0 saturated heterocycles. The fourth-order valence-corrected chi connectivity index (χ4v) is 2.78. The minimum Gasteiger partial charge on any atom is -0.479 e. The lowest BCUT2D eigenvalue weighted by atomic mass is 9.99. The molecule has 68 valence electrons. The number of aliphatic carboxylic acids is 1. The number of aliphatic hydroxyl groups is 1. The van der Waals surface area contributed by atoms with Gasteiger partial charge in [-0.1, -0.05) is 19.3 Å². The Labute approximate surface area is 71.4 Å². The molecule has 0 bridgehead atoms. The summed E-state index contributed by atoms with van der Waals surface area (Å²) >= 11 is 0. The summed E-state index contributed by atoms with van der Waals surface area (Å²) < 4.78 is 0. The van der Waals surface area contributed by atoms with Gasteiger partial charge in [-0.3, -0.25) is 0 Å². The van der Waals surface area contributed by atoms with Crippen LogP contribution in [0.5, 0.6) is 0 Å². The maximum absolute atomic E-state index is 10.7. The lowest BCUT2D eigenvalue weighted by Crippen LogP contribution is -2.35. The van der Waals surface area contributed by atoms with Crippen LogP contribution in [0.3, 0.4) is 0 Å².